The monoisotopic (exact) mass is 360 g/mol. The van der Waals surface area contributed by atoms with E-state index in [-0.39, 0.29) is 46.5 Å². The second kappa shape index (κ2) is 8.55. The maximum absolute atomic E-state index is 10.3. The molecule has 114 valence electrons. The molecule has 0 aromatic heterocycles. The van der Waals surface area contributed by atoms with E-state index in [4.69, 9.17) is 0 Å². The summed E-state index contributed by atoms with van der Waals surface area (Å²) in [6.07, 6.45) is 2.30. The minimum absolute atomic E-state index is 0. The molecule has 1 N–H and O–H groups in total. The van der Waals surface area contributed by atoms with E-state index in [2.05, 4.69) is 32.9 Å². The van der Waals surface area contributed by atoms with Crippen molar-refractivity contribution in [3.05, 3.63) is 52.6 Å². The fraction of sp³-hybridized carbons (Fsp3) is 0.412. The zero-order chi connectivity index (χ0) is 13.5. The van der Waals surface area contributed by atoms with Gasteiger partial charge in [0.1, 0.15) is 0 Å². The van der Waals surface area contributed by atoms with Gasteiger partial charge in [-0.3, -0.25) is 0 Å². The third-order valence-corrected chi connectivity index (χ3v) is 3.83. The van der Waals surface area contributed by atoms with Gasteiger partial charge in [-0.05, 0) is 50.0 Å². The van der Waals surface area contributed by atoms with E-state index in [9.17, 15) is 5.11 Å². The molecule has 2 rings (SSSR count). The minimum atomic E-state index is -0.805. The van der Waals surface area contributed by atoms with Gasteiger partial charge in [-0.25, -0.2) is 0 Å². The van der Waals surface area contributed by atoms with Crippen LogP contribution in [-0.4, -0.2) is 5.11 Å². The zero-order valence-electron chi connectivity index (χ0n) is 13.2. The first-order chi connectivity index (χ1) is 8.32. The molecule has 0 radical (unpaired) electrons. The number of halogens is 2. The summed E-state index contributed by atoms with van der Waals surface area (Å²) >= 11 is 0. The van der Waals surface area contributed by atoms with E-state index in [1.165, 1.54) is 22.3 Å². The molecule has 1 aliphatic rings. The predicted molar refractivity (Wildman–Crippen MR) is 77.2 cm³/mol. The van der Waals surface area contributed by atoms with Crippen LogP contribution in [0, 0.1) is 5.92 Å². The van der Waals surface area contributed by atoms with Crippen LogP contribution in [0.4, 0.5) is 0 Å². The van der Waals surface area contributed by atoms with E-state index >= 15 is 0 Å². The largest absolute Gasteiger partial charge is 2.00 e. The van der Waals surface area contributed by atoms with Gasteiger partial charge in [0.15, 0.2) is 0 Å². The van der Waals surface area contributed by atoms with Crippen LogP contribution < -0.4 is 24.8 Å². The second-order valence-corrected chi connectivity index (χ2v) is 5.78. The van der Waals surface area contributed by atoms with Gasteiger partial charge in [0.05, 0.1) is 5.60 Å². The van der Waals surface area contributed by atoms with Crippen LogP contribution in [0.5, 0.6) is 0 Å². The molecule has 1 aromatic carbocycles. The van der Waals surface area contributed by atoms with Crippen LogP contribution in [0.25, 0.3) is 5.57 Å². The summed E-state index contributed by atoms with van der Waals surface area (Å²) in [6, 6.07) is 8.18. The molecule has 4 heteroatoms. The molecule has 1 atom stereocenters. The van der Waals surface area contributed by atoms with Crippen LogP contribution in [0.1, 0.15) is 45.7 Å². The van der Waals surface area contributed by atoms with Crippen molar-refractivity contribution in [1.82, 2.24) is 0 Å². The Bertz CT molecular complexity index is 542. The molecular formula is C17H22Cl2OTi. The van der Waals surface area contributed by atoms with Crippen molar-refractivity contribution in [2.75, 3.05) is 0 Å². The molecular weight excluding hydrogens is 339 g/mol. The number of hydrogen-bond acceptors (Lipinski definition) is 1. The van der Waals surface area contributed by atoms with Gasteiger partial charge < -0.3 is 29.9 Å². The second-order valence-electron chi connectivity index (χ2n) is 5.78. The molecule has 0 aliphatic heterocycles. The normalized spacial score (nSPS) is 17.4. The van der Waals surface area contributed by atoms with Crippen molar-refractivity contribution < 1.29 is 51.6 Å². The summed E-state index contributed by atoms with van der Waals surface area (Å²) in [5, 5.41) is 10.3. The summed E-state index contributed by atoms with van der Waals surface area (Å²) in [7, 11) is 0. The van der Waals surface area contributed by atoms with Crippen LogP contribution in [0.15, 0.2) is 41.5 Å². The first-order valence-electron chi connectivity index (χ1n) is 6.54. The smallest absolute Gasteiger partial charge is 1.00 e. The summed E-state index contributed by atoms with van der Waals surface area (Å²) in [4.78, 5) is 0. The number of allylic oxidation sites excluding steroid dienone is 4. The predicted octanol–water partition coefficient (Wildman–Crippen LogP) is -1.71. The van der Waals surface area contributed by atoms with E-state index in [0.29, 0.717) is 5.92 Å². The summed E-state index contributed by atoms with van der Waals surface area (Å²) in [5.41, 5.74) is 5.44. The van der Waals surface area contributed by atoms with E-state index < -0.39 is 5.60 Å². The standard InChI is InChI=1S/C17H22O.2ClH.Ti/c1-11-10-12(2)16(13(11)3)14-8-6-7-9-15(14)17(4,5)18;;;/h6-10,12,18H,1-5H3;2*1H;/q;;;+2/p-2. The van der Waals surface area contributed by atoms with Crippen LogP contribution in [-0.2, 0) is 27.3 Å². The fourth-order valence-electron chi connectivity index (χ4n) is 2.84. The Morgan fingerprint density at radius 2 is 1.57 bits per heavy atom. The Morgan fingerprint density at radius 1 is 1.05 bits per heavy atom. The minimum Gasteiger partial charge on any atom is -1.00 e. The molecule has 1 aromatic rings. The Kier molecular flexibility index (Phi) is 9.46. The number of rotatable bonds is 2. The van der Waals surface area contributed by atoms with Crippen LogP contribution in [0.3, 0.4) is 0 Å². The Morgan fingerprint density at radius 3 is 2.00 bits per heavy atom. The van der Waals surface area contributed by atoms with Crippen LogP contribution in [0.2, 0.25) is 0 Å². The van der Waals surface area contributed by atoms with Crippen molar-refractivity contribution in [1.29, 1.82) is 0 Å². The molecule has 0 fully saturated rings. The van der Waals surface area contributed by atoms with E-state index in [0.717, 1.165) is 5.56 Å². The van der Waals surface area contributed by atoms with Crippen molar-refractivity contribution in [3.63, 3.8) is 0 Å². The first kappa shape index (κ1) is 23.2. The Balaban J connectivity index is 0. The Labute approximate surface area is 155 Å². The summed E-state index contributed by atoms with van der Waals surface area (Å²) in [5.74, 6) is 0.425. The fourth-order valence-corrected chi connectivity index (χ4v) is 2.84. The van der Waals surface area contributed by atoms with Gasteiger partial charge in [0.2, 0.25) is 0 Å². The third-order valence-electron chi connectivity index (χ3n) is 3.83. The van der Waals surface area contributed by atoms with Gasteiger partial charge in [-0.1, -0.05) is 42.8 Å². The maximum Gasteiger partial charge on any atom is 2.00 e. The first-order valence-corrected chi connectivity index (χ1v) is 6.54. The zero-order valence-corrected chi connectivity index (χ0v) is 16.2. The topological polar surface area (TPSA) is 20.2 Å². The summed E-state index contributed by atoms with van der Waals surface area (Å²) < 4.78 is 0. The molecule has 1 nitrogen and oxygen atoms in total. The maximum atomic E-state index is 10.3. The molecule has 0 heterocycles. The van der Waals surface area contributed by atoms with Crippen LogP contribution >= 0.6 is 0 Å². The number of hydrogen-bond donors (Lipinski definition) is 1. The molecule has 0 bridgehead atoms. The van der Waals surface area contributed by atoms with E-state index in [1.807, 2.05) is 32.0 Å². The SMILES string of the molecule is CC1=CC(C)C(c2ccccc2C(C)(C)O)=C1C.[Cl-].[Cl-].[Ti+2]. The van der Waals surface area contributed by atoms with Gasteiger partial charge >= 0.3 is 21.7 Å². The van der Waals surface area contributed by atoms with E-state index in [1.54, 1.807) is 0 Å². The van der Waals surface area contributed by atoms with Gasteiger partial charge in [-0.15, -0.1) is 0 Å². The average Bonchev–Trinajstić information content (AvgIpc) is 2.52. The number of aliphatic hydroxyl groups is 1. The van der Waals surface area contributed by atoms with Crippen molar-refractivity contribution in [2.24, 2.45) is 5.92 Å². The molecule has 1 aliphatic carbocycles. The number of benzene rings is 1. The Hall–Kier alpha value is -0.0457. The molecule has 0 saturated carbocycles. The van der Waals surface area contributed by atoms with Crippen molar-refractivity contribution in [3.8, 4) is 0 Å². The quantitative estimate of drug-likeness (QED) is 0.623. The van der Waals surface area contributed by atoms with Gasteiger partial charge in [-0.2, -0.15) is 0 Å². The summed E-state index contributed by atoms with van der Waals surface area (Å²) in [6.45, 7) is 10.2. The molecule has 21 heavy (non-hydrogen) atoms. The molecule has 0 amide bonds. The average molecular weight is 361 g/mol. The van der Waals surface area contributed by atoms with Gasteiger partial charge in [0, 0.05) is 5.92 Å². The molecule has 0 saturated heterocycles. The molecule has 0 spiro atoms. The van der Waals surface area contributed by atoms with Crippen molar-refractivity contribution >= 4 is 5.57 Å². The molecule has 1 unspecified atom stereocenters. The van der Waals surface area contributed by atoms with Gasteiger partial charge in [0.25, 0.3) is 0 Å². The van der Waals surface area contributed by atoms with Crippen molar-refractivity contribution in [2.45, 2.75) is 40.2 Å². The third kappa shape index (κ3) is 4.71.